The molecule has 1 aliphatic rings. The molecule has 1 fully saturated rings. The topological polar surface area (TPSA) is 60.7 Å². The van der Waals surface area contributed by atoms with Crippen LogP contribution in [0.15, 0.2) is 66.9 Å². The fourth-order valence-corrected chi connectivity index (χ4v) is 3.53. The maximum Gasteiger partial charge on any atom is 0.232 e. The van der Waals surface area contributed by atoms with Crippen LogP contribution in [0.2, 0.25) is 0 Å². The summed E-state index contributed by atoms with van der Waals surface area (Å²) in [6.07, 6.45) is 2.61. The Morgan fingerprint density at radius 1 is 1.16 bits per heavy atom. The van der Waals surface area contributed by atoms with Crippen molar-refractivity contribution in [3.05, 3.63) is 78.2 Å². The molecule has 2 atom stereocenters. The SMILES string of the molecule is C[C@@H](Oc1ccc2ncc(-c3ccc(OC[C@@H]4CCN4)cc3)n2n1)c1cccc(F)c1.Cl. The molecule has 0 saturated carbocycles. The maximum atomic E-state index is 13.5. The van der Waals surface area contributed by atoms with Crippen LogP contribution in [0.25, 0.3) is 16.9 Å². The van der Waals surface area contributed by atoms with Crippen molar-refractivity contribution in [2.45, 2.75) is 25.5 Å². The monoisotopic (exact) mass is 454 g/mol. The lowest BCUT2D eigenvalue weighted by Crippen LogP contribution is -2.46. The van der Waals surface area contributed by atoms with Gasteiger partial charge in [0.05, 0.1) is 11.9 Å². The number of halogens is 2. The average molecular weight is 455 g/mol. The summed E-state index contributed by atoms with van der Waals surface area (Å²) in [6.45, 7) is 3.62. The quantitative estimate of drug-likeness (QED) is 0.433. The minimum atomic E-state index is -0.339. The number of nitrogens with zero attached hydrogens (tertiary/aromatic N) is 3. The second-order valence-corrected chi connectivity index (χ2v) is 7.68. The molecule has 2 aromatic carbocycles. The lowest BCUT2D eigenvalue weighted by Gasteiger charge is -2.27. The number of benzene rings is 2. The van der Waals surface area contributed by atoms with Crippen LogP contribution >= 0.6 is 12.4 Å². The zero-order valence-electron chi connectivity index (χ0n) is 17.6. The zero-order valence-corrected chi connectivity index (χ0v) is 18.4. The van der Waals surface area contributed by atoms with Crippen molar-refractivity contribution >= 4 is 18.1 Å². The molecule has 4 aromatic rings. The average Bonchev–Trinajstić information content (AvgIpc) is 3.16. The van der Waals surface area contributed by atoms with E-state index in [2.05, 4.69) is 15.4 Å². The van der Waals surface area contributed by atoms with Gasteiger partial charge in [-0.3, -0.25) is 0 Å². The minimum absolute atomic E-state index is 0. The van der Waals surface area contributed by atoms with Gasteiger partial charge in [0.15, 0.2) is 5.65 Å². The van der Waals surface area contributed by atoms with E-state index in [9.17, 15) is 4.39 Å². The van der Waals surface area contributed by atoms with Crippen molar-refractivity contribution in [2.24, 2.45) is 0 Å². The largest absolute Gasteiger partial charge is 0.492 e. The molecule has 5 rings (SSSR count). The highest BCUT2D eigenvalue weighted by Crippen LogP contribution is 2.26. The molecule has 6 nitrogen and oxygen atoms in total. The van der Waals surface area contributed by atoms with Gasteiger partial charge in [-0.25, -0.2) is 13.9 Å². The fraction of sp³-hybridized carbons (Fsp3) is 0.250. The predicted molar refractivity (Wildman–Crippen MR) is 123 cm³/mol. The second kappa shape index (κ2) is 9.54. The number of nitrogens with one attached hydrogen (secondary N) is 1. The highest BCUT2D eigenvalue weighted by atomic mass is 35.5. The highest BCUT2D eigenvalue weighted by Gasteiger charge is 2.17. The van der Waals surface area contributed by atoms with E-state index in [4.69, 9.17) is 9.47 Å². The van der Waals surface area contributed by atoms with Gasteiger partial charge in [-0.05, 0) is 67.9 Å². The van der Waals surface area contributed by atoms with Crippen LogP contribution in [0, 0.1) is 5.82 Å². The number of ether oxygens (including phenoxy) is 2. The van der Waals surface area contributed by atoms with Crippen molar-refractivity contribution < 1.29 is 13.9 Å². The van der Waals surface area contributed by atoms with Crippen molar-refractivity contribution in [3.63, 3.8) is 0 Å². The summed E-state index contributed by atoms with van der Waals surface area (Å²) >= 11 is 0. The van der Waals surface area contributed by atoms with Crippen molar-refractivity contribution in [1.82, 2.24) is 19.9 Å². The van der Waals surface area contributed by atoms with E-state index in [1.165, 1.54) is 12.1 Å². The molecule has 0 bridgehead atoms. The number of rotatable bonds is 7. The molecular weight excluding hydrogens is 431 g/mol. The first kappa shape index (κ1) is 22.0. The van der Waals surface area contributed by atoms with Gasteiger partial charge in [-0.1, -0.05) is 12.1 Å². The molecule has 1 N–H and O–H groups in total. The Morgan fingerprint density at radius 2 is 1.97 bits per heavy atom. The molecule has 0 spiro atoms. The number of fused-ring (bicyclic) bond motifs is 1. The van der Waals surface area contributed by atoms with Crippen LogP contribution in [0.4, 0.5) is 4.39 Å². The molecule has 0 radical (unpaired) electrons. The molecule has 3 heterocycles. The summed E-state index contributed by atoms with van der Waals surface area (Å²) < 4.78 is 27.1. The third-order valence-electron chi connectivity index (χ3n) is 5.48. The molecule has 8 heteroatoms. The van der Waals surface area contributed by atoms with Gasteiger partial charge in [-0.15, -0.1) is 17.5 Å². The van der Waals surface area contributed by atoms with Gasteiger partial charge in [0.1, 0.15) is 24.3 Å². The first-order valence-electron chi connectivity index (χ1n) is 10.4. The Kier molecular flexibility index (Phi) is 6.58. The zero-order chi connectivity index (χ0) is 21.2. The van der Waals surface area contributed by atoms with Crippen molar-refractivity contribution in [2.75, 3.05) is 13.2 Å². The van der Waals surface area contributed by atoms with E-state index in [0.29, 0.717) is 18.5 Å². The molecule has 32 heavy (non-hydrogen) atoms. The van der Waals surface area contributed by atoms with Crippen LogP contribution in [-0.2, 0) is 0 Å². The van der Waals surface area contributed by atoms with E-state index in [-0.39, 0.29) is 24.3 Å². The fourth-order valence-electron chi connectivity index (χ4n) is 3.53. The Bertz CT molecular complexity index is 1190. The van der Waals surface area contributed by atoms with Crippen LogP contribution < -0.4 is 14.8 Å². The lowest BCUT2D eigenvalue weighted by molar-refractivity contribution is 0.214. The number of aromatic nitrogens is 3. The summed E-state index contributed by atoms with van der Waals surface area (Å²) in [6, 6.07) is 18.4. The first-order chi connectivity index (χ1) is 15.2. The molecule has 0 aliphatic carbocycles. The van der Waals surface area contributed by atoms with Crippen LogP contribution in [0.5, 0.6) is 11.6 Å². The standard InChI is InChI=1S/C24H23FN4O2.ClH/c1-16(18-3-2-4-19(25)13-18)31-24-10-9-23-27-14-22(29(23)28-24)17-5-7-21(8-6-17)30-15-20-11-12-26-20;/h2-10,13-14,16,20,26H,11-12,15H2,1H3;1H/t16-,20+;/m1./s1. The second-order valence-electron chi connectivity index (χ2n) is 7.68. The van der Waals surface area contributed by atoms with E-state index >= 15 is 0 Å². The van der Waals surface area contributed by atoms with E-state index in [1.807, 2.05) is 43.3 Å². The molecule has 0 amide bonds. The number of hydrogen-bond acceptors (Lipinski definition) is 5. The predicted octanol–water partition coefficient (Wildman–Crippen LogP) is 4.84. The Hall–Kier alpha value is -3.16. The molecule has 1 aliphatic heterocycles. The Morgan fingerprint density at radius 3 is 2.69 bits per heavy atom. The Labute approximate surface area is 191 Å². The molecule has 166 valence electrons. The Balaban J connectivity index is 0.00000245. The summed E-state index contributed by atoms with van der Waals surface area (Å²) in [7, 11) is 0. The van der Waals surface area contributed by atoms with E-state index < -0.39 is 0 Å². The smallest absolute Gasteiger partial charge is 0.232 e. The first-order valence-corrected chi connectivity index (χ1v) is 10.4. The van der Waals surface area contributed by atoms with Gasteiger partial charge in [-0.2, -0.15) is 0 Å². The summed E-state index contributed by atoms with van der Waals surface area (Å²) in [5.74, 6) is 0.994. The molecular formula is C24H24ClFN4O2. The third kappa shape index (κ3) is 4.69. The maximum absolute atomic E-state index is 13.5. The summed E-state index contributed by atoms with van der Waals surface area (Å²) in [5.41, 5.74) is 3.30. The van der Waals surface area contributed by atoms with Gasteiger partial charge in [0.25, 0.3) is 0 Å². The lowest BCUT2D eigenvalue weighted by atomic mass is 10.1. The van der Waals surface area contributed by atoms with Crippen LogP contribution in [0.1, 0.15) is 25.0 Å². The normalized spacial score (nSPS) is 16.1. The summed E-state index contributed by atoms with van der Waals surface area (Å²) in [4.78, 5) is 4.44. The van der Waals surface area contributed by atoms with Gasteiger partial charge in [0, 0.05) is 17.7 Å². The molecule has 0 unspecified atom stereocenters. The van der Waals surface area contributed by atoms with Crippen LogP contribution in [0.3, 0.4) is 0 Å². The molecule has 2 aromatic heterocycles. The van der Waals surface area contributed by atoms with Crippen LogP contribution in [-0.4, -0.2) is 33.8 Å². The van der Waals surface area contributed by atoms with E-state index in [0.717, 1.165) is 41.2 Å². The van der Waals surface area contributed by atoms with Gasteiger partial charge >= 0.3 is 0 Å². The van der Waals surface area contributed by atoms with Crippen molar-refractivity contribution in [3.8, 4) is 22.9 Å². The number of hydrogen-bond donors (Lipinski definition) is 1. The molecule has 1 saturated heterocycles. The highest BCUT2D eigenvalue weighted by molar-refractivity contribution is 5.85. The van der Waals surface area contributed by atoms with E-state index in [1.54, 1.807) is 22.8 Å². The van der Waals surface area contributed by atoms with Gasteiger partial charge < -0.3 is 14.8 Å². The van der Waals surface area contributed by atoms with Crippen molar-refractivity contribution in [1.29, 1.82) is 0 Å². The number of imidazole rings is 1. The summed E-state index contributed by atoms with van der Waals surface area (Å²) in [5, 5.41) is 7.92. The third-order valence-corrected chi connectivity index (χ3v) is 5.48. The minimum Gasteiger partial charge on any atom is -0.492 e. The van der Waals surface area contributed by atoms with Gasteiger partial charge in [0.2, 0.25) is 5.88 Å².